The molecule has 0 fully saturated rings. The molecule has 0 amide bonds. The van der Waals surface area contributed by atoms with Gasteiger partial charge in [0.05, 0.1) is 21.6 Å². The van der Waals surface area contributed by atoms with E-state index in [0.29, 0.717) is 6.61 Å². The van der Waals surface area contributed by atoms with Gasteiger partial charge in [-0.25, -0.2) is 0 Å². The molecule has 0 saturated carbocycles. The van der Waals surface area contributed by atoms with E-state index < -0.39 is 4.92 Å². The van der Waals surface area contributed by atoms with Crippen LogP contribution in [0.25, 0.3) is 0 Å². The Morgan fingerprint density at radius 3 is 2.59 bits per heavy atom. The lowest BCUT2D eigenvalue weighted by Crippen LogP contribution is -2.10. The van der Waals surface area contributed by atoms with Crippen LogP contribution in [0.2, 0.25) is 10.0 Å². The minimum absolute atomic E-state index is 0.136. The summed E-state index contributed by atoms with van der Waals surface area (Å²) in [4.78, 5) is 10.3. The summed E-state index contributed by atoms with van der Waals surface area (Å²) in [5.41, 5.74) is -0.179. The maximum absolute atomic E-state index is 10.8. The molecule has 1 rings (SSSR count). The zero-order valence-corrected chi connectivity index (χ0v) is 12.0. The van der Waals surface area contributed by atoms with Crippen molar-refractivity contribution in [2.75, 3.05) is 11.9 Å². The van der Waals surface area contributed by atoms with Crippen LogP contribution >= 0.6 is 39.1 Å². The van der Waals surface area contributed by atoms with Crippen LogP contribution in [0.3, 0.4) is 0 Å². The van der Waals surface area contributed by atoms with Crippen LogP contribution in [-0.2, 0) is 0 Å². The SMILES string of the molecule is CC(CBr)COc1cc(Cl)c(Cl)cc1[N+](=O)[O-]. The number of nitrogens with zero attached hydrogens (tertiary/aromatic N) is 1. The molecule has 17 heavy (non-hydrogen) atoms. The monoisotopic (exact) mass is 341 g/mol. The molecule has 4 nitrogen and oxygen atoms in total. The van der Waals surface area contributed by atoms with Crippen LogP contribution in [0, 0.1) is 16.0 Å². The number of hydrogen-bond donors (Lipinski definition) is 0. The van der Waals surface area contributed by atoms with E-state index in [-0.39, 0.29) is 27.4 Å². The molecule has 1 atom stereocenters. The maximum atomic E-state index is 10.8. The van der Waals surface area contributed by atoms with Crippen molar-refractivity contribution in [2.24, 2.45) is 5.92 Å². The average Bonchev–Trinajstić information content (AvgIpc) is 2.29. The Kier molecular flexibility index (Phi) is 5.49. The molecule has 1 unspecified atom stereocenters. The van der Waals surface area contributed by atoms with Crippen LogP contribution in [0.5, 0.6) is 5.75 Å². The van der Waals surface area contributed by atoms with Gasteiger partial charge in [0.2, 0.25) is 0 Å². The number of alkyl halides is 1. The Labute approximate surface area is 117 Å². The first kappa shape index (κ1) is 14.5. The quantitative estimate of drug-likeness (QED) is 0.455. The molecule has 0 saturated heterocycles. The van der Waals surface area contributed by atoms with Crippen LogP contribution in [0.1, 0.15) is 6.92 Å². The molecule has 0 aliphatic carbocycles. The van der Waals surface area contributed by atoms with Gasteiger partial charge < -0.3 is 4.74 Å². The van der Waals surface area contributed by atoms with Crippen molar-refractivity contribution in [1.29, 1.82) is 0 Å². The molecule has 0 bridgehead atoms. The first-order valence-electron chi connectivity index (χ1n) is 4.78. The molecule has 1 aromatic rings. The van der Waals surface area contributed by atoms with Gasteiger partial charge in [-0.2, -0.15) is 0 Å². The first-order valence-corrected chi connectivity index (χ1v) is 6.65. The molecule has 0 aliphatic rings. The van der Waals surface area contributed by atoms with E-state index in [1.807, 2.05) is 6.92 Å². The van der Waals surface area contributed by atoms with Gasteiger partial charge in [0.15, 0.2) is 5.75 Å². The van der Waals surface area contributed by atoms with Gasteiger partial charge in [0.25, 0.3) is 0 Å². The van der Waals surface area contributed by atoms with Crippen molar-refractivity contribution in [3.8, 4) is 5.75 Å². The lowest BCUT2D eigenvalue weighted by atomic mass is 10.2. The number of halogens is 3. The van der Waals surface area contributed by atoms with Gasteiger partial charge in [-0.1, -0.05) is 46.1 Å². The molecule has 0 heterocycles. The summed E-state index contributed by atoms with van der Waals surface area (Å²) in [5, 5.41) is 11.9. The summed E-state index contributed by atoms with van der Waals surface area (Å²) in [6, 6.07) is 2.56. The van der Waals surface area contributed by atoms with E-state index in [1.165, 1.54) is 12.1 Å². The number of nitro groups is 1. The zero-order chi connectivity index (χ0) is 13.0. The number of ether oxygens (including phenoxy) is 1. The fourth-order valence-electron chi connectivity index (χ4n) is 1.05. The predicted molar refractivity (Wildman–Crippen MR) is 71.6 cm³/mol. The number of hydrogen-bond acceptors (Lipinski definition) is 3. The van der Waals surface area contributed by atoms with E-state index in [1.54, 1.807) is 0 Å². The van der Waals surface area contributed by atoms with Crippen molar-refractivity contribution in [3.63, 3.8) is 0 Å². The van der Waals surface area contributed by atoms with Crippen molar-refractivity contribution >= 4 is 44.8 Å². The summed E-state index contributed by atoms with van der Waals surface area (Å²) in [6.45, 7) is 2.32. The first-order chi connectivity index (χ1) is 7.95. The lowest BCUT2D eigenvalue weighted by Gasteiger charge is -2.11. The summed E-state index contributed by atoms with van der Waals surface area (Å²) in [7, 11) is 0. The standard InChI is InChI=1S/C10H10BrCl2NO3/c1-6(4-11)5-17-10-3-8(13)7(12)2-9(10)14(15)16/h2-3,6H,4-5H2,1H3. The summed E-state index contributed by atoms with van der Waals surface area (Å²) < 4.78 is 5.37. The predicted octanol–water partition coefficient (Wildman–Crippen LogP) is 4.31. The average molecular weight is 343 g/mol. The van der Waals surface area contributed by atoms with E-state index in [2.05, 4.69) is 15.9 Å². The zero-order valence-electron chi connectivity index (χ0n) is 8.95. The normalized spacial score (nSPS) is 12.2. The van der Waals surface area contributed by atoms with Gasteiger partial charge in [0, 0.05) is 17.5 Å². The Balaban J connectivity index is 2.96. The topological polar surface area (TPSA) is 52.4 Å². The van der Waals surface area contributed by atoms with E-state index in [4.69, 9.17) is 27.9 Å². The van der Waals surface area contributed by atoms with Crippen molar-refractivity contribution in [2.45, 2.75) is 6.92 Å². The smallest absolute Gasteiger partial charge is 0.312 e. The molecular formula is C10H10BrCl2NO3. The maximum Gasteiger partial charge on any atom is 0.312 e. The van der Waals surface area contributed by atoms with Gasteiger partial charge in [-0.3, -0.25) is 10.1 Å². The van der Waals surface area contributed by atoms with Gasteiger partial charge >= 0.3 is 5.69 Å². The van der Waals surface area contributed by atoms with E-state index in [9.17, 15) is 10.1 Å². The van der Waals surface area contributed by atoms with Gasteiger partial charge in [-0.05, 0) is 5.92 Å². The van der Waals surface area contributed by atoms with E-state index >= 15 is 0 Å². The molecule has 0 aromatic heterocycles. The highest BCUT2D eigenvalue weighted by molar-refractivity contribution is 9.09. The van der Waals surface area contributed by atoms with Crippen molar-refractivity contribution in [3.05, 3.63) is 32.3 Å². The van der Waals surface area contributed by atoms with Crippen molar-refractivity contribution in [1.82, 2.24) is 0 Å². The number of nitro benzene ring substituents is 1. The minimum Gasteiger partial charge on any atom is -0.486 e. The third-order valence-corrected chi connectivity index (χ3v) is 3.81. The Morgan fingerprint density at radius 2 is 2.06 bits per heavy atom. The summed E-state index contributed by atoms with van der Waals surface area (Å²) in [6.07, 6.45) is 0. The van der Waals surface area contributed by atoms with Crippen LogP contribution in [0.15, 0.2) is 12.1 Å². The second kappa shape index (κ2) is 6.42. The summed E-state index contributed by atoms with van der Waals surface area (Å²) >= 11 is 14.8. The molecule has 1 aromatic carbocycles. The highest BCUT2D eigenvalue weighted by atomic mass is 79.9. The third kappa shape index (κ3) is 4.01. The Morgan fingerprint density at radius 1 is 1.47 bits per heavy atom. The fraction of sp³-hybridized carbons (Fsp3) is 0.400. The third-order valence-electron chi connectivity index (χ3n) is 1.99. The van der Waals surface area contributed by atoms with Gasteiger partial charge in [-0.15, -0.1) is 0 Å². The molecule has 7 heteroatoms. The largest absolute Gasteiger partial charge is 0.486 e. The second-order valence-corrected chi connectivity index (χ2v) is 5.02. The lowest BCUT2D eigenvalue weighted by molar-refractivity contribution is -0.385. The Hall–Kier alpha value is -0.520. The number of rotatable bonds is 5. The van der Waals surface area contributed by atoms with Crippen LogP contribution in [0.4, 0.5) is 5.69 Å². The van der Waals surface area contributed by atoms with Gasteiger partial charge in [0.1, 0.15) is 0 Å². The molecule has 0 aliphatic heterocycles. The highest BCUT2D eigenvalue weighted by Crippen LogP contribution is 2.35. The highest BCUT2D eigenvalue weighted by Gasteiger charge is 2.18. The van der Waals surface area contributed by atoms with Crippen LogP contribution < -0.4 is 4.74 Å². The minimum atomic E-state index is -0.545. The molecule has 94 valence electrons. The van der Waals surface area contributed by atoms with Crippen molar-refractivity contribution < 1.29 is 9.66 Å². The van der Waals surface area contributed by atoms with Crippen LogP contribution in [-0.4, -0.2) is 16.9 Å². The molecule has 0 N–H and O–H groups in total. The second-order valence-electron chi connectivity index (χ2n) is 3.56. The number of benzene rings is 1. The molecular weight excluding hydrogens is 333 g/mol. The molecule has 0 spiro atoms. The fourth-order valence-corrected chi connectivity index (χ4v) is 1.55. The molecule has 0 radical (unpaired) electrons. The summed E-state index contributed by atoms with van der Waals surface area (Å²) in [5.74, 6) is 0.376. The van der Waals surface area contributed by atoms with E-state index in [0.717, 1.165) is 5.33 Å². The Bertz CT molecular complexity index is 428.